The van der Waals surface area contributed by atoms with Crippen LogP contribution < -0.4 is 10.2 Å². The van der Waals surface area contributed by atoms with Gasteiger partial charge in [-0.3, -0.25) is 9.59 Å². The van der Waals surface area contributed by atoms with Crippen LogP contribution >= 0.6 is 0 Å². The molecule has 142 valence electrons. The molecule has 3 rings (SSSR count). The predicted molar refractivity (Wildman–Crippen MR) is 109 cm³/mol. The average molecular weight is 365 g/mol. The Morgan fingerprint density at radius 2 is 1.85 bits per heavy atom. The molecule has 0 saturated carbocycles. The first-order valence-electron chi connectivity index (χ1n) is 9.57. The maximum Gasteiger partial charge on any atom is 0.253 e. The normalized spacial score (nSPS) is 15.4. The van der Waals surface area contributed by atoms with Crippen molar-refractivity contribution in [2.24, 2.45) is 0 Å². The first kappa shape index (κ1) is 19.0. The van der Waals surface area contributed by atoms with Gasteiger partial charge in [-0.2, -0.15) is 0 Å². The molecule has 2 amide bonds. The molecule has 2 aromatic rings. The Labute approximate surface area is 161 Å². The van der Waals surface area contributed by atoms with Gasteiger partial charge in [-0.25, -0.2) is 0 Å². The number of hydrogen-bond donors (Lipinski definition) is 1. The minimum absolute atomic E-state index is 0.0156. The predicted octanol–water partition coefficient (Wildman–Crippen LogP) is 3.56. The van der Waals surface area contributed by atoms with E-state index in [0.29, 0.717) is 36.9 Å². The molecule has 0 fully saturated rings. The summed E-state index contributed by atoms with van der Waals surface area (Å²) in [6, 6.07) is 15.7. The van der Waals surface area contributed by atoms with Crippen LogP contribution in [-0.4, -0.2) is 42.4 Å². The molecule has 0 radical (unpaired) electrons. The number of amides is 2. The molecular weight excluding hydrogens is 338 g/mol. The Bertz CT molecular complexity index is 830. The molecule has 27 heavy (non-hydrogen) atoms. The number of carbonyl (C=O) groups is 2. The molecular formula is C22H27N3O2. The van der Waals surface area contributed by atoms with Crippen molar-refractivity contribution in [3.8, 4) is 0 Å². The number of nitrogens with one attached hydrogen (secondary N) is 1. The fourth-order valence-electron chi connectivity index (χ4n) is 3.65. The summed E-state index contributed by atoms with van der Waals surface area (Å²) in [4.78, 5) is 29.0. The average Bonchev–Trinajstić information content (AvgIpc) is 2.98. The summed E-state index contributed by atoms with van der Waals surface area (Å²) in [7, 11) is 0. The quantitative estimate of drug-likeness (QED) is 0.852. The number of carbonyl (C=O) groups excluding carboxylic acids is 2. The second kappa shape index (κ2) is 8.25. The van der Waals surface area contributed by atoms with Crippen LogP contribution in [0.25, 0.3) is 0 Å². The number of hydrogen-bond acceptors (Lipinski definition) is 3. The lowest BCUT2D eigenvalue weighted by molar-refractivity contribution is -0.115. The summed E-state index contributed by atoms with van der Waals surface area (Å²) in [6.07, 6.45) is 0.956. The highest BCUT2D eigenvalue weighted by atomic mass is 16.2. The second-order valence-corrected chi connectivity index (χ2v) is 6.92. The number of fused-ring (bicyclic) bond motifs is 1. The van der Waals surface area contributed by atoms with Crippen molar-refractivity contribution in [1.29, 1.82) is 0 Å². The van der Waals surface area contributed by atoms with Gasteiger partial charge in [0.05, 0.1) is 6.54 Å². The van der Waals surface area contributed by atoms with E-state index in [1.54, 1.807) is 23.1 Å². The molecule has 1 atom stereocenters. The largest absolute Gasteiger partial charge is 0.359 e. The summed E-state index contributed by atoms with van der Waals surface area (Å²) in [5.74, 6) is -0.0933. The first-order valence-corrected chi connectivity index (χ1v) is 9.57. The van der Waals surface area contributed by atoms with Gasteiger partial charge in [0.15, 0.2) is 0 Å². The molecule has 5 nitrogen and oxygen atoms in total. The van der Waals surface area contributed by atoms with Gasteiger partial charge in [0, 0.05) is 36.1 Å². The molecule has 5 heteroatoms. The lowest BCUT2D eigenvalue weighted by Gasteiger charge is -2.24. The molecule has 1 heterocycles. The van der Waals surface area contributed by atoms with E-state index < -0.39 is 0 Å². The van der Waals surface area contributed by atoms with Gasteiger partial charge in [-0.05, 0) is 57.0 Å². The van der Waals surface area contributed by atoms with Crippen LogP contribution in [0.2, 0.25) is 0 Å². The van der Waals surface area contributed by atoms with Crippen LogP contribution in [0.15, 0.2) is 48.5 Å². The van der Waals surface area contributed by atoms with Crippen LogP contribution in [0.4, 0.5) is 11.4 Å². The standard InChI is InChI=1S/C22H27N3O2/c1-4-24(5-2)22(27)18-10-8-11-19(14-18)23-21(26)15-25-16(3)13-17-9-6-7-12-20(17)25/h6-12,14,16H,4-5,13,15H2,1-3H3,(H,23,26)/t16-/m1/s1. The third kappa shape index (κ3) is 4.13. The van der Waals surface area contributed by atoms with E-state index in [9.17, 15) is 9.59 Å². The van der Waals surface area contributed by atoms with Crippen LogP contribution in [-0.2, 0) is 11.2 Å². The molecule has 0 saturated heterocycles. The Morgan fingerprint density at radius 3 is 2.59 bits per heavy atom. The van der Waals surface area contributed by atoms with Crippen molar-refractivity contribution in [3.05, 3.63) is 59.7 Å². The third-order valence-electron chi connectivity index (χ3n) is 5.11. The molecule has 0 spiro atoms. The second-order valence-electron chi connectivity index (χ2n) is 6.92. The number of rotatable bonds is 6. The van der Waals surface area contributed by atoms with E-state index in [-0.39, 0.29) is 11.8 Å². The molecule has 0 bridgehead atoms. The molecule has 1 aliphatic rings. The minimum Gasteiger partial charge on any atom is -0.359 e. The van der Waals surface area contributed by atoms with Gasteiger partial charge in [0.25, 0.3) is 5.91 Å². The SMILES string of the molecule is CCN(CC)C(=O)c1cccc(NC(=O)CN2c3ccccc3C[C@H]2C)c1. The zero-order chi connectivity index (χ0) is 19.4. The number of para-hydroxylation sites is 1. The lowest BCUT2D eigenvalue weighted by atomic mass is 10.1. The molecule has 2 aromatic carbocycles. The van der Waals surface area contributed by atoms with Crippen LogP contribution in [0, 0.1) is 0 Å². The highest BCUT2D eigenvalue weighted by Crippen LogP contribution is 2.31. The minimum atomic E-state index is -0.0778. The molecule has 0 unspecified atom stereocenters. The molecule has 0 aromatic heterocycles. The van der Waals surface area contributed by atoms with E-state index in [0.717, 1.165) is 12.1 Å². The fraction of sp³-hybridized carbons (Fsp3) is 0.364. The van der Waals surface area contributed by atoms with Gasteiger partial charge in [0.2, 0.25) is 5.91 Å². The maximum atomic E-state index is 12.6. The molecule has 1 N–H and O–H groups in total. The van der Waals surface area contributed by atoms with Crippen LogP contribution in [0.5, 0.6) is 0 Å². The van der Waals surface area contributed by atoms with Crippen molar-refractivity contribution < 1.29 is 9.59 Å². The smallest absolute Gasteiger partial charge is 0.253 e. The van der Waals surface area contributed by atoms with E-state index in [1.165, 1.54) is 5.56 Å². The first-order chi connectivity index (χ1) is 13.0. The van der Waals surface area contributed by atoms with E-state index in [2.05, 4.69) is 29.3 Å². The lowest BCUT2D eigenvalue weighted by Crippen LogP contribution is -2.37. The van der Waals surface area contributed by atoms with Gasteiger partial charge in [-0.1, -0.05) is 24.3 Å². The number of anilines is 2. The Balaban J connectivity index is 1.68. The fourth-order valence-corrected chi connectivity index (χ4v) is 3.65. The van der Waals surface area contributed by atoms with Crippen molar-refractivity contribution in [2.45, 2.75) is 33.2 Å². The summed E-state index contributed by atoms with van der Waals surface area (Å²) in [5, 5.41) is 2.94. The van der Waals surface area contributed by atoms with Crippen molar-refractivity contribution in [1.82, 2.24) is 4.90 Å². The zero-order valence-corrected chi connectivity index (χ0v) is 16.2. The van der Waals surface area contributed by atoms with E-state index in [1.807, 2.05) is 32.0 Å². The van der Waals surface area contributed by atoms with E-state index >= 15 is 0 Å². The number of benzene rings is 2. The van der Waals surface area contributed by atoms with Gasteiger partial charge >= 0.3 is 0 Å². The highest BCUT2D eigenvalue weighted by molar-refractivity contribution is 5.98. The number of nitrogens with zero attached hydrogens (tertiary/aromatic N) is 2. The topological polar surface area (TPSA) is 52.7 Å². The Kier molecular flexibility index (Phi) is 5.79. The van der Waals surface area contributed by atoms with E-state index in [4.69, 9.17) is 0 Å². The van der Waals surface area contributed by atoms with Gasteiger partial charge < -0.3 is 15.1 Å². The van der Waals surface area contributed by atoms with Crippen molar-refractivity contribution in [2.75, 3.05) is 29.9 Å². The molecule has 0 aliphatic carbocycles. The summed E-state index contributed by atoms with van der Waals surface area (Å²) >= 11 is 0. The van der Waals surface area contributed by atoms with Crippen molar-refractivity contribution in [3.63, 3.8) is 0 Å². The molecule has 1 aliphatic heterocycles. The summed E-state index contributed by atoms with van der Waals surface area (Å²) in [5.41, 5.74) is 3.66. The summed E-state index contributed by atoms with van der Waals surface area (Å²) < 4.78 is 0. The Hall–Kier alpha value is -2.82. The van der Waals surface area contributed by atoms with Gasteiger partial charge in [-0.15, -0.1) is 0 Å². The van der Waals surface area contributed by atoms with Crippen molar-refractivity contribution >= 4 is 23.2 Å². The maximum absolute atomic E-state index is 12.6. The highest BCUT2D eigenvalue weighted by Gasteiger charge is 2.27. The van der Waals surface area contributed by atoms with Crippen LogP contribution in [0.1, 0.15) is 36.7 Å². The van der Waals surface area contributed by atoms with Crippen LogP contribution in [0.3, 0.4) is 0 Å². The van der Waals surface area contributed by atoms with Gasteiger partial charge in [0.1, 0.15) is 0 Å². The monoisotopic (exact) mass is 365 g/mol. The third-order valence-corrected chi connectivity index (χ3v) is 5.11. The zero-order valence-electron chi connectivity index (χ0n) is 16.2. The Morgan fingerprint density at radius 1 is 1.11 bits per heavy atom. The summed E-state index contributed by atoms with van der Waals surface area (Å²) in [6.45, 7) is 7.68.